The van der Waals surface area contributed by atoms with Gasteiger partial charge in [0.1, 0.15) is 5.82 Å². The molecule has 0 aliphatic carbocycles. The molecule has 6 heteroatoms. The Morgan fingerprint density at radius 2 is 2.21 bits per heavy atom. The quantitative estimate of drug-likeness (QED) is 0.909. The van der Waals surface area contributed by atoms with Gasteiger partial charge in [-0.05, 0) is 55.6 Å². The molecular weight excluding hydrogens is 267 g/mol. The van der Waals surface area contributed by atoms with E-state index in [1.165, 1.54) is 12.1 Å². The number of sulfonamides is 1. The molecule has 2 rings (SSSR count). The van der Waals surface area contributed by atoms with Gasteiger partial charge in [0.25, 0.3) is 0 Å². The Morgan fingerprint density at radius 3 is 2.79 bits per heavy atom. The SMILES string of the molecule is CCN1CC[C@H](Cc2cc(F)ccc2S(N)(=O)=O)C1. The molecule has 1 aliphatic heterocycles. The van der Waals surface area contributed by atoms with Gasteiger partial charge < -0.3 is 4.90 Å². The van der Waals surface area contributed by atoms with Gasteiger partial charge in [-0.3, -0.25) is 0 Å². The summed E-state index contributed by atoms with van der Waals surface area (Å²) in [6.07, 6.45) is 1.56. The van der Waals surface area contributed by atoms with Crippen LogP contribution in [0.4, 0.5) is 4.39 Å². The number of primary sulfonamides is 1. The highest BCUT2D eigenvalue weighted by molar-refractivity contribution is 7.89. The standard InChI is InChI=1S/C13H19FN2O2S/c1-2-16-6-5-10(9-16)7-11-8-12(14)3-4-13(11)19(15,17)18/h3-4,8,10H,2,5-7,9H2,1H3,(H2,15,17,18)/t10-/m1/s1. The third kappa shape index (κ3) is 3.52. The summed E-state index contributed by atoms with van der Waals surface area (Å²) in [5.41, 5.74) is 0.491. The van der Waals surface area contributed by atoms with Crippen LogP contribution >= 0.6 is 0 Å². The molecule has 1 aromatic rings. The second kappa shape index (κ2) is 5.56. The fraction of sp³-hybridized carbons (Fsp3) is 0.538. The average molecular weight is 286 g/mol. The van der Waals surface area contributed by atoms with E-state index in [-0.39, 0.29) is 4.90 Å². The first kappa shape index (κ1) is 14.4. The Morgan fingerprint density at radius 1 is 1.47 bits per heavy atom. The third-order valence-corrected chi connectivity index (χ3v) is 4.67. The molecule has 1 fully saturated rings. The van der Waals surface area contributed by atoms with Crippen molar-refractivity contribution in [1.29, 1.82) is 0 Å². The van der Waals surface area contributed by atoms with Crippen LogP contribution in [0.25, 0.3) is 0 Å². The molecule has 0 saturated carbocycles. The topological polar surface area (TPSA) is 63.4 Å². The van der Waals surface area contributed by atoms with E-state index in [0.717, 1.165) is 32.1 Å². The molecule has 1 aromatic carbocycles. The first-order valence-electron chi connectivity index (χ1n) is 6.43. The Kier molecular flexibility index (Phi) is 4.23. The van der Waals surface area contributed by atoms with E-state index in [9.17, 15) is 12.8 Å². The van der Waals surface area contributed by atoms with Gasteiger partial charge in [0, 0.05) is 6.54 Å². The molecule has 4 nitrogen and oxygen atoms in total. The molecule has 106 valence electrons. The maximum atomic E-state index is 13.3. The van der Waals surface area contributed by atoms with Crippen LogP contribution in [0.15, 0.2) is 23.1 Å². The van der Waals surface area contributed by atoms with E-state index in [4.69, 9.17) is 5.14 Å². The molecule has 1 heterocycles. The smallest absolute Gasteiger partial charge is 0.238 e. The second-order valence-corrected chi connectivity index (χ2v) is 6.58. The number of rotatable bonds is 4. The first-order valence-corrected chi connectivity index (χ1v) is 7.98. The summed E-state index contributed by atoms with van der Waals surface area (Å²) in [5, 5.41) is 5.17. The van der Waals surface area contributed by atoms with Crippen LogP contribution in [0.1, 0.15) is 18.9 Å². The Labute approximate surface area is 113 Å². The van der Waals surface area contributed by atoms with Crippen molar-refractivity contribution in [1.82, 2.24) is 4.90 Å². The van der Waals surface area contributed by atoms with Crippen molar-refractivity contribution in [3.8, 4) is 0 Å². The molecule has 19 heavy (non-hydrogen) atoms. The van der Waals surface area contributed by atoms with Gasteiger partial charge in [0.2, 0.25) is 10.0 Å². The minimum atomic E-state index is -3.79. The summed E-state index contributed by atoms with van der Waals surface area (Å²) < 4.78 is 36.3. The molecular formula is C13H19FN2O2S. The number of nitrogens with zero attached hydrogens (tertiary/aromatic N) is 1. The van der Waals surface area contributed by atoms with Crippen molar-refractivity contribution in [3.63, 3.8) is 0 Å². The second-order valence-electron chi connectivity index (χ2n) is 5.05. The van der Waals surface area contributed by atoms with Crippen LogP contribution in [0, 0.1) is 11.7 Å². The summed E-state index contributed by atoms with van der Waals surface area (Å²) in [5.74, 6) is -0.0602. The zero-order chi connectivity index (χ0) is 14.0. The molecule has 0 bridgehead atoms. The minimum Gasteiger partial charge on any atom is -0.303 e. The van der Waals surface area contributed by atoms with Crippen molar-refractivity contribution < 1.29 is 12.8 Å². The van der Waals surface area contributed by atoms with Crippen molar-refractivity contribution in [2.45, 2.75) is 24.7 Å². The average Bonchev–Trinajstić information content (AvgIpc) is 2.75. The number of benzene rings is 1. The number of nitrogens with two attached hydrogens (primary N) is 1. The van der Waals surface area contributed by atoms with Crippen molar-refractivity contribution in [2.24, 2.45) is 11.1 Å². The van der Waals surface area contributed by atoms with E-state index in [1.807, 2.05) is 0 Å². The molecule has 0 aromatic heterocycles. The van der Waals surface area contributed by atoms with Crippen LogP contribution < -0.4 is 5.14 Å². The molecule has 0 unspecified atom stereocenters. The summed E-state index contributed by atoms with van der Waals surface area (Å²) in [7, 11) is -3.79. The maximum absolute atomic E-state index is 13.3. The third-order valence-electron chi connectivity index (χ3n) is 3.65. The minimum absolute atomic E-state index is 0.0452. The van der Waals surface area contributed by atoms with Crippen molar-refractivity contribution in [2.75, 3.05) is 19.6 Å². The number of likely N-dealkylation sites (tertiary alicyclic amines) is 1. The van der Waals surface area contributed by atoms with E-state index in [1.54, 1.807) is 0 Å². The molecule has 2 N–H and O–H groups in total. The predicted molar refractivity (Wildman–Crippen MR) is 71.7 cm³/mol. The fourth-order valence-electron chi connectivity index (χ4n) is 2.66. The predicted octanol–water partition coefficient (Wildman–Crippen LogP) is 1.36. The van der Waals surface area contributed by atoms with Gasteiger partial charge in [-0.2, -0.15) is 0 Å². The van der Waals surface area contributed by atoms with Gasteiger partial charge in [0.05, 0.1) is 4.90 Å². The molecule has 1 atom stereocenters. The summed E-state index contributed by atoms with van der Waals surface area (Å²) >= 11 is 0. The monoisotopic (exact) mass is 286 g/mol. The molecule has 0 amide bonds. The first-order chi connectivity index (χ1) is 8.90. The zero-order valence-electron chi connectivity index (χ0n) is 11.0. The van der Waals surface area contributed by atoms with Crippen LogP contribution in [0.5, 0.6) is 0 Å². The lowest BCUT2D eigenvalue weighted by Crippen LogP contribution is -2.21. The van der Waals surface area contributed by atoms with Gasteiger partial charge in [-0.25, -0.2) is 17.9 Å². The number of hydrogen-bond donors (Lipinski definition) is 1. The highest BCUT2D eigenvalue weighted by atomic mass is 32.2. The molecule has 0 spiro atoms. The van der Waals surface area contributed by atoms with Crippen LogP contribution in [-0.2, 0) is 16.4 Å². The van der Waals surface area contributed by atoms with E-state index >= 15 is 0 Å². The summed E-state index contributed by atoms with van der Waals surface area (Å²) in [4.78, 5) is 2.35. The number of hydrogen-bond acceptors (Lipinski definition) is 3. The largest absolute Gasteiger partial charge is 0.303 e. The summed E-state index contributed by atoms with van der Waals surface area (Å²) in [6, 6.07) is 3.68. The number of halogens is 1. The maximum Gasteiger partial charge on any atom is 0.238 e. The van der Waals surface area contributed by atoms with Crippen LogP contribution in [0.3, 0.4) is 0 Å². The van der Waals surface area contributed by atoms with Gasteiger partial charge in [0.15, 0.2) is 0 Å². The highest BCUT2D eigenvalue weighted by Gasteiger charge is 2.24. The Balaban J connectivity index is 2.22. The van der Waals surface area contributed by atoms with Crippen molar-refractivity contribution >= 4 is 10.0 Å². The fourth-order valence-corrected chi connectivity index (χ4v) is 3.43. The Bertz CT molecular complexity index is 560. The van der Waals surface area contributed by atoms with Crippen LogP contribution in [0.2, 0.25) is 0 Å². The molecule has 1 saturated heterocycles. The van der Waals surface area contributed by atoms with Gasteiger partial charge in [-0.1, -0.05) is 6.92 Å². The zero-order valence-corrected chi connectivity index (χ0v) is 11.8. The van der Waals surface area contributed by atoms with Gasteiger partial charge in [-0.15, -0.1) is 0 Å². The van der Waals surface area contributed by atoms with E-state index in [0.29, 0.717) is 17.9 Å². The highest BCUT2D eigenvalue weighted by Crippen LogP contribution is 2.24. The van der Waals surface area contributed by atoms with E-state index in [2.05, 4.69) is 11.8 Å². The lowest BCUT2D eigenvalue weighted by atomic mass is 9.98. The Hall–Kier alpha value is -0.980. The van der Waals surface area contributed by atoms with Crippen LogP contribution in [-0.4, -0.2) is 33.0 Å². The van der Waals surface area contributed by atoms with Gasteiger partial charge >= 0.3 is 0 Å². The van der Waals surface area contributed by atoms with E-state index < -0.39 is 15.8 Å². The lowest BCUT2D eigenvalue weighted by Gasteiger charge is -2.14. The summed E-state index contributed by atoms with van der Waals surface area (Å²) in [6.45, 7) is 5.03. The normalized spacial score (nSPS) is 20.9. The van der Waals surface area contributed by atoms with Crippen molar-refractivity contribution in [3.05, 3.63) is 29.6 Å². The molecule has 1 aliphatic rings. The molecule has 0 radical (unpaired) electrons. The lowest BCUT2D eigenvalue weighted by molar-refractivity contribution is 0.341.